The molecular weight excluding hydrogens is 244 g/mol. The Hall–Kier alpha value is -0.683. The molecule has 1 heterocycles. The van der Waals surface area contributed by atoms with E-state index in [9.17, 15) is 0 Å². The molecule has 1 aromatic rings. The van der Waals surface area contributed by atoms with Gasteiger partial charge in [0.1, 0.15) is 0 Å². The summed E-state index contributed by atoms with van der Waals surface area (Å²) >= 11 is 0. The second kappa shape index (κ2) is 5.97. The zero-order valence-electron chi connectivity index (χ0n) is 11.4. The summed E-state index contributed by atoms with van der Waals surface area (Å²) in [5, 5.41) is 1.27. The molecule has 4 heteroatoms. The molecule has 2 rings (SSSR count). The quantitative estimate of drug-likeness (QED) is 0.738. The van der Waals surface area contributed by atoms with Gasteiger partial charge < -0.3 is 13.6 Å². The predicted octanol–water partition coefficient (Wildman–Crippen LogP) is 2.12. The standard InChI is InChI=1S/C14H22O3Si/c1-4-16-18(17-5-2,13-10-15-11-13)14-9-7-6-8-12(14)3/h6-9,13H,4-5,10-11H2,1-3H3. The third-order valence-electron chi connectivity index (χ3n) is 3.41. The lowest BCUT2D eigenvalue weighted by atomic mass is 10.2. The van der Waals surface area contributed by atoms with Gasteiger partial charge in [0, 0.05) is 13.2 Å². The maximum atomic E-state index is 6.18. The molecule has 1 saturated heterocycles. The molecule has 0 aliphatic carbocycles. The molecule has 1 aliphatic heterocycles. The Balaban J connectivity index is 2.41. The molecule has 18 heavy (non-hydrogen) atoms. The highest BCUT2D eigenvalue weighted by Crippen LogP contribution is 2.32. The third kappa shape index (κ3) is 2.38. The topological polar surface area (TPSA) is 27.7 Å². The van der Waals surface area contributed by atoms with Crippen molar-refractivity contribution < 1.29 is 13.6 Å². The van der Waals surface area contributed by atoms with Crippen LogP contribution >= 0.6 is 0 Å². The number of aryl methyl sites for hydroxylation is 1. The van der Waals surface area contributed by atoms with Gasteiger partial charge in [0.05, 0.1) is 18.8 Å². The number of benzene rings is 1. The Kier molecular flexibility index (Phi) is 4.56. The van der Waals surface area contributed by atoms with Gasteiger partial charge in [-0.2, -0.15) is 0 Å². The number of hydrogen-bond donors (Lipinski definition) is 0. The van der Waals surface area contributed by atoms with E-state index in [4.69, 9.17) is 13.6 Å². The van der Waals surface area contributed by atoms with Crippen LogP contribution in [0.3, 0.4) is 0 Å². The van der Waals surface area contributed by atoms with Crippen LogP contribution in [0.4, 0.5) is 0 Å². The Morgan fingerprint density at radius 3 is 2.22 bits per heavy atom. The first kappa shape index (κ1) is 13.7. The van der Waals surface area contributed by atoms with Gasteiger partial charge in [-0.05, 0) is 31.5 Å². The van der Waals surface area contributed by atoms with Gasteiger partial charge in [-0.3, -0.25) is 0 Å². The highest BCUT2D eigenvalue weighted by Gasteiger charge is 2.51. The van der Waals surface area contributed by atoms with E-state index in [-0.39, 0.29) is 0 Å². The summed E-state index contributed by atoms with van der Waals surface area (Å²) in [6.07, 6.45) is 0. The maximum absolute atomic E-state index is 6.18. The maximum Gasteiger partial charge on any atom is 0.380 e. The minimum Gasteiger partial charge on any atom is -0.391 e. The van der Waals surface area contributed by atoms with Crippen molar-refractivity contribution >= 4 is 13.7 Å². The summed E-state index contributed by atoms with van der Waals surface area (Å²) < 4.78 is 17.7. The van der Waals surface area contributed by atoms with Crippen molar-refractivity contribution in [3.8, 4) is 0 Å². The Labute approximate surface area is 110 Å². The monoisotopic (exact) mass is 266 g/mol. The minimum atomic E-state index is -2.36. The average molecular weight is 266 g/mol. The van der Waals surface area contributed by atoms with Gasteiger partial charge in [-0.1, -0.05) is 24.3 Å². The minimum absolute atomic E-state index is 0.415. The van der Waals surface area contributed by atoms with Crippen molar-refractivity contribution in [3.05, 3.63) is 29.8 Å². The van der Waals surface area contributed by atoms with Gasteiger partial charge in [-0.15, -0.1) is 0 Å². The van der Waals surface area contributed by atoms with Gasteiger partial charge in [0.2, 0.25) is 0 Å². The Morgan fingerprint density at radius 2 is 1.78 bits per heavy atom. The molecule has 0 amide bonds. The number of rotatable bonds is 6. The van der Waals surface area contributed by atoms with Crippen molar-refractivity contribution in [2.75, 3.05) is 26.4 Å². The van der Waals surface area contributed by atoms with E-state index in [1.807, 2.05) is 13.8 Å². The molecule has 0 N–H and O–H groups in total. The SMILES string of the molecule is CCO[Si](OCC)(c1ccccc1C)C1COC1. The molecule has 1 aliphatic rings. The molecule has 0 radical (unpaired) electrons. The highest BCUT2D eigenvalue weighted by atomic mass is 28.4. The van der Waals surface area contributed by atoms with Crippen LogP contribution in [0.5, 0.6) is 0 Å². The zero-order chi connectivity index (χ0) is 13.0. The number of hydrogen-bond acceptors (Lipinski definition) is 3. The molecule has 0 saturated carbocycles. The first-order chi connectivity index (χ1) is 8.74. The van der Waals surface area contributed by atoms with Crippen LogP contribution in [0, 0.1) is 6.92 Å². The third-order valence-corrected chi connectivity index (χ3v) is 7.57. The van der Waals surface area contributed by atoms with Crippen LogP contribution in [-0.2, 0) is 13.6 Å². The lowest BCUT2D eigenvalue weighted by molar-refractivity contribution is 0.0107. The van der Waals surface area contributed by atoms with Crippen LogP contribution in [0.15, 0.2) is 24.3 Å². The van der Waals surface area contributed by atoms with E-state index in [0.29, 0.717) is 18.8 Å². The van der Waals surface area contributed by atoms with Crippen molar-refractivity contribution in [2.24, 2.45) is 0 Å². The lowest BCUT2D eigenvalue weighted by Crippen LogP contribution is -2.63. The van der Waals surface area contributed by atoms with E-state index in [1.165, 1.54) is 10.8 Å². The summed E-state index contributed by atoms with van der Waals surface area (Å²) in [5.41, 5.74) is 1.68. The van der Waals surface area contributed by atoms with E-state index < -0.39 is 8.56 Å². The van der Waals surface area contributed by atoms with Crippen molar-refractivity contribution in [2.45, 2.75) is 26.3 Å². The van der Waals surface area contributed by atoms with Crippen molar-refractivity contribution in [3.63, 3.8) is 0 Å². The molecular formula is C14H22O3Si. The second-order valence-corrected chi connectivity index (χ2v) is 7.85. The molecule has 100 valence electrons. The van der Waals surface area contributed by atoms with Gasteiger partial charge in [-0.25, -0.2) is 0 Å². The first-order valence-electron chi connectivity index (χ1n) is 6.66. The van der Waals surface area contributed by atoms with E-state index in [0.717, 1.165) is 13.2 Å². The highest BCUT2D eigenvalue weighted by molar-refractivity contribution is 6.83. The fourth-order valence-electron chi connectivity index (χ4n) is 2.50. The van der Waals surface area contributed by atoms with Crippen LogP contribution in [0.25, 0.3) is 0 Å². The largest absolute Gasteiger partial charge is 0.391 e. The van der Waals surface area contributed by atoms with E-state index >= 15 is 0 Å². The van der Waals surface area contributed by atoms with E-state index in [1.54, 1.807) is 0 Å². The van der Waals surface area contributed by atoms with Crippen LogP contribution in [-0.4, -0.2) is 35.0 Å². The molecule has 0 spiro atoms. The first-order valence-corrected chi connectivity index (χ1v) is 8.55. The normalized spacial score (nSPS) is 16.6. The lowest BCUT2D eigenvalue weighted by Gasteiger charge is -2.42. The number of ether oxygens (including phenoxy) is 1. The van der Waals surface area contributed by atoms with Crippen molar-refractivity contribution in [1.29, 1.82) is 0 Å². The van der Waals surface area contributed by atoms with Crippen LogP contribution in [0.2, 0.25) is 5.54 Å². The molecule has 1 fully saturated rings. The molecule has 0 unspecified atom stereocenters. The Morgan fingerprint density at radius 1 is 1.17 bits per heavy atom. The summed E-state index contributed by atoms with van der Waals surface area (Å²) in [6, 6.07) is 8.43. The predicted molar refractivity (Wildman–Crippen MR) is 74.4 cm³/mol. The summed E-state index contributed by atoms with van der Waals surface area (Å²) in [4.78, 5) is 0. The fourth-order valence-corrected chi connectivity index (χ4v) is 6.30. The summed E-state index contributed by atoms with van der Waals surface area (Å²) in [7, 11) is -2.36. The fraction of sp³-hybridized carbons (Fsp3) is 0.571. The second-order valence-electron chi connectivity index (χ2n) is 4.58. The van der Waals surface area contributed by atoms with E-state index in [2.05, 4.69) is 31.2 Å². The van der Waals surface area contributed by atoms with Gasteiger partial charge >= 0.3 is 8.56 Å². The molecule has 0 bridgehead atoms. The van der Waals surface area contributed by atoms with Gasteiger partial charge in [0.15, 0.2) is 0 Å². The van der Waals surface area contributed by atoms with Gasteiger partial charge in [0.25, 0.3) is 0 Å². The molecule has 0 atom stereocenters. The summed E-state index contributed by atoms with van der Waals surface area (Å²) in [5.74, 6) is 0. The molecule has 3 nitrogen and oxygen atoms in total. The average Bonchev–Trinajstić information content (AvgIpc) is 2.27. The molecule has 1 aromatic carbocycles. The molecule has 0 aromatic heterocycles. The zero-order valence-corrected chi connectivity index (χ0v) is 12.4. The van der Waals surface area contributed by atoms with Crippen molar-refractivity contribution in [1.82, 2.24) is 0 Å². The summed E-state index contributed by atoms with van der Waals surface area (Å²) in [6.45, 7) is 9.13. The Bertz CT molecular complexity index is 384. The van der Waals surface area contributed by atoms with Crippen LogP contribution in [0.1, 0.15) is 19.4 Å². The van der Waals surface area contributed by atoms with Crippen LogP contribution < -0.4 is 5.19 Å². The smallest absolute Gasteiger partial charge is 0.380 e.